The molecule has 0 aromatic rings. The van der Waals surface area contributed by atoms with Crippen LogP contribution in [0.5, 0.6) is 0 Å². The molecule has 1 aliphatic rings. The highest BCUT2D eigenvalue weighted by molar-refractivity contribution is 5.81. The molecule has 0 bridgehead atoms. The van der Waals surface area contributed by atoms with Crippen molar-refractivity contribution in [2.45, 2.75) is 57.9 Å². The van der Waals surface area contributed by atoms with Crippen LogP contribution in [0.15, 0.2) is 0 Å². The number of nitrogens with one attached hydrogen (secondary N) is 2. The van der Waals surface area contributed by atoms with Gasteiger partial charge in [0.05, 0.1) is 6.04 Å². The molecule has 0 spiro atoms. The van der Waals surface area contributed by atoms with E-state index in [1.807, 2.05) is 0 Å². The summed E-state index contributed by atoms with van der Waals surface area (Å²) in [6.45, 7) is 4.01. The first-order valence-corrected chi connectivity index (χ1v) is 6.35. The molecule has 0 aromatic heterocycles. The summed E-state index contributed by atoms with van der Waals surface area (Å²) in [4.78, 5) is 11.7. The Labute approximate surface area is 93.0 Å². The minimum atomic E-state index is 0.0640. The molecule has 1 fully saturated rings. The van der Waals surface area contributed by atoms with E-state index in [0.29, 0.717) is 0 Å². The van der Waals surface area contributed by atoms with Crippen molar-refractivity contribution < 1.29 is 4.79 Å². The van der Waals surface area contributed by atoms with Gasteiger partial charge in [0.2, 0.25) is 5.91 Å². The van der Waals surface area contributed by atoms with Crippen LogP contribution in [0.25, 0.3) is 0 Å². The van der Waals surface area contributed by atoms with Crippen molar-refractivity contribution in [1.82, 2.24) is 10.6 Å². The molecule has 0 aromatic carbocycles. The van der Waals surface area contributed by atoms with Gasteiger partial charge in [-0.2, -0.15) is 0 Å². The third-order valence-corrected chi connectivity index (χ3v) is 2.96. The highest BCUT2D eigenvalue weighted by Crippen LogP contribution is 2.08. The first-order chi connectivity index (χ1) is 7.34. The van der Waals surface area contributed by atoms with Crippen LogP contribution >= 0.6 is 0 Å². The van der Waals surface area contributed by atoms with Crippen LogP contribution in [0.3, 0.4) is 0 Å². The van der Waals surface area contributed by atoms with E-state index < -0.39 is 0 Å². The lowest BCUT2D eigenvalue weighted by Crippen LogP contribution is -2.43. The van der Waals surface area contributed by atoms with Crippen LogP contribution in [0.4, 0.5) is 0 Å². The fourth-order valence-corrected chi connectivity index (χ4v) is 1.96. The van der Waals surface area contributed by atoms with Crippen LogP contribution in [0.1, 0.15) is 51.9 Å². The predicted octanol–water partition coefficient (Wildman–Crippen LogP) is 1.82. The van der Waals surface area contributed by atoms with Crippen LogP contribution < -0.4 is 10.6 Å². The third-order valence-electron chi connectivity index (χ3n) is 2.96. The maximum atomic E-state index is 11.7. The van der Waals surface area contributed by atoms with Crippen molar-refractivity contribution in [3.63, 3.8) is 0 Å². The van der Waals surface area contributed by atoms with Gasteiger partial charge >= 0.3 is 0 Å². The molecule has 1 rings (SSSR count). The molecule has 0 aliphatic carbocycles. The van der Waals surface area contributed by atoms with E-state index >= 15 is 0 Å². The molecule has 88 valence electrons. The minimum absolute atomic E-state index is 0.0640. The smallest absolute Gasteiger partial charge is 0.237 e. The lowest BCUT2D eigenvalue weighted by Gasteiger charge is -2.15. The largest absolute Gasteiger partial charge is 0.355 e. The zero-order valence-corrected chi connectivity index (χ0v) is 9.85. The number of unbranched alkanes of at least 4 members (excludes halogenated alkanes) is 2. The number of carbonyl (C=O) groups excluding carboxylic acids is 1. The molecule has 1 heterocycles. The second-order valence-corrected chi connectivity index (χ2v) is 4.35. The minimum Gasteiger partial charge on any atom is -0.355 e. The average molecular weight is 212 g/mol. The maximum Gasteiger partial charge on any atom is 0.237 e. The van der Waals surface area contributed by atoms with Crippen LogP contribution in [-0.2, 0) is 4.79 Å². The van der Waals surface area contributed by atoms with Crippen LogP contribution in [0, 0.1) is 0 Å². The Morgan fingerprint density at radius 2 is 2.20 bits per heavy atom. The molecule has 3 heteroatoms. The second-order valence-electron chi connectivity index (χ2n) is 4.35. The van der Waals surface area contributed by atoms with E-state index in [2.05, 4.69) is 17.6 Å². The molecule has 3 nitrogen and oxygen atoms in total. The van der Waals surface area contributed by atoms with Gasteiger partial charge in [-0.1, -0.05) is 32.6 Å². The summed E-state index contributed by atoms with van der Waals surface area (Å²) in [6, 6.07) is 0.0640. The Bertz CT molecular complexity index is 174. The predicted molar refractivity (Wildman–Crippen MR) is 62.8 cm³/mol. The molecule has 1 atom stereocenters. The summed E-state index contributed by atoms with van der Waals surface area (Å²) in [5.41, 5.74) is 0. The van der Waals surface area contributed by atoms with Gasteiger partial charge in [-0.25, -0.2) is 0 Å². The molecule has 1 unspecified atom stereocenters. The highest BCUT2D eigenvalue weighted by atomic mass is 16.2. The molecule has 1 amide bonds. The summed E-state index contributed by atoms with van der Waals surface area (Å²) >= 11 is 0. The first kappa shape index (κ1) is 12.5. The molecular weight excluding hydrogens is 188 g/mol. The number of carbonyl (C=O) groups is 1. The number of hydrogen-bond donors (Lipinski definition) is 2. The average Bonchev–Trinajstić information content (AvgIpc) is 2.52. The molecule has 0 saturated carbocycles. The van der Waals surface area contributed by atoms with Gasteiger partial charge in [-0.15, -0.1) is 0 Å². The van der Waals surface area contributed by atoms with Crippen molar-refractivity contribution in [3.05, 3.63) is 0 Å². The molecule has 0 radical (unpaired) electrons. The second kappa shape index (κ2) is 7.69. The highest BCUT2D eigenvalue weighted by Gasteiger charge is 2.18. The SMILES string of the molecule is CCCCCNC(=O)C1CCCCCN1. The summed E-state index contributed by atoms with van der Waals surface area (Å²) in [7, 11) is 0. The third kappa shape index (κ3) is 5.17. The number of hydrogen-bond acceptors (Lipinski definition) is 2. The Morgan fingerprint density at radius 1 is 1.33 bits per heavy atom. The van der Waals surface area contributed by atoms with Crippen molar-refractivity contribution in [2.24, 2.45) is 0 Å². The Morgan fingerprint density at radius 3 is 3.00 bits per heavy atom. The summed E-state index contributed by atoms with van der Waals surface area (Å²) in [5.74, 6) is 0.202. The van der Waals surface area contributed by atoms with Crippen molar-refractivity contribution in [3.8, 4) is 0 Å². The summed E-state index contributed by atoms with van der Waals surface area (Å²) in [5, 5.41) is 6.32. The number of amides is 1. The monoisotopic (exact) mass is 212 g/mol. The van der Waals surface area contributed by atoms with Gasteiger partial charge in [0, 0.05) is 6.54 Å². The van der Waals surface area contributed by atoms with E-state index in [0.717, 1.165) is 25.9 Å². The Kier molecular flexibility index (Phi) is 6.41. The van der Waals surface area contributed by atoms with E-state index in [9.17, 15) is 4.79 Å². The van der Waals surface area contributed by atoms with Crippen molar-refractivity contribution in [2.75, 3.05) is 13.1 Å². The first-order valence-electron chi connectivity index (χ1n) is 6.35. The zero-order chi connectivity index (χ0) is 10.9. The fraction of sp³-hybridized carbons (Fsp3) is 0.917. The van der Waals surface area contributed by atoms with Crippen LogP contribution in [-0.4, -0.2) is 25.0 Å². The number of rotatable bonds is 5. The topological polar surface area (TPSA) is 41.1 Å². The zero-order valence-electron chi connectivity index (χ0n) is 9.85. The molecule has 2 N–H and O–H groups in total. The van der Waals surface area contributed by atoms with E-state index in [1.165, 1.54) is 32.1 Å². The lowest BCUT2D eigenvalue weighted by atomic mass is 10.1. The Balaban J connectivity index is 2.14. The van der Waals surface area contributed by atoms with E-state index in [-0.39, 0.29) is 11.9 Å². The Hall–Kier alpha value is -0.570. The molecule has 1 aliphatic heterocycles. The fourth-order valence-electron chi connectivity index (χ4n) is 1.96. The maximum absolute atomic E-state index is 11.7. The quantitative estimate of drug-likeness (QED) is 0.683. The van der Waals surface area contributed by atoms with E-state index in [1.54, 1.807) is 0 Å². The van der Waals surface area contributed by atoms with Gasteiger partial charge in [-0.05, 0) is 25.8 Å². The summed E-state index contributed by atoms with van der Waals surface area (Å²) in [6.07, 6.45) is 8.16. The summed E-state index contributed by atoms with van der Waals surface area (Å²) < 4.78 is 0. The lowest BCUT2D eigenvalue weighted by molar-refractivity contribution is -0.123. The molecule has 15 heavy (non-hydrogen) atoms. The molecule has 1 saturated heterocycles. The van der Waals surface area contributed by atoms with Gasteiger partial charge in [-0.3, -0.25) is 4.79 Å². The van der Waals surface area contributed by atoms with Gasteiger partial charge < -0.3 is 10.6 Å². The normalized spacial score (nSPS) is 22.1. The molecular formula is C12H24N2O. The van der Waals surface area contributed by atoms with E-state index in [4.69, 9.17) is 0 Å². The van der Waals surface area contributed by atoms with Crippen LogP contribution in [0.2, 0.25) is 0 Å². The van der Waals surface area contributed by atoms with Gasteiger partial charge in [0.15, 0.2) is 0 Å². The van der Waals surface area contributed by atoms with Crippen molar-refractivity contribution >= 4 is 5.91 Å². The van der Waals surface area contributed by atoms with Gasteiger partial charge in [0.1, 0.15) is 0 Å². The standard InChI is InChI=1S/C12H24N2O/c1-2-3-6-10-14-12(15)11-8-5-4-7-9-13-11/h11,13H,2-10H2,1H3,(H,14,15). The van der Waals surface area contributed by atoms with Gasteiger partial charge in [0.25, 0.3) is 0 Å². The van der Waals surface area contributed by atoms with Crippen molar-refractivity contribution in [1.29, 1.82) is 0 Å².